The van der Waals surface area contributed by atoms with Gasteiger partial charge < -0.3 is 9.47 Å². The quantitative estimate of drug-likeness (QED) is 0.366. The molecule has 0 saturated carbocycles. The van der Waals surface area contributed by atoms with Crippen LogP contribution in [-0.4, -0.2) is 53.3 Å². The van der Waals surface area contributed by atoms with Gasteiger partial charge >= 0.3 is 5.97 Å². The molecule has 0 spiro atoms. The molecule has 37 heavy (non-hydrogen) atoms. The number of nitrogens with zero attached hydrogens (tertiary/aromatic N) is 3. The highest BCUT2D eigenvalue weighted by atomic mass is 32.2. The third-order valence-corrected chi connectivity index (χ3v) is 8.32. The maximum Gasteiger partial charge on any atom is 0.312 e. The standard InChI is InChI=1S/C27H34FN3O5S/c1-6-20-14-21(16-30(20)37(33,34)23-10-8-22(9-11-23)35-17(2)3)31-26-13-19(28)7-12-24(26)25(29-31)15-27(32)36-18(4)5/h7-13,17-18,20-21H,6,14-16H2,1-5H3/t20-,21-/m1/s1. The lowest BCUT2D eigenvalue weighted by molar-refractivity contribution is -0.146. The molecule has 0 unspecified atom stereocenters. The predicted octanol–water partition coefficient (Wildman–Crippen LogP) is 4.87. The van der Waals surface area contributed by atoms with Crippen molar-refractivity contribution in [2.45, 2.75) is 83.1 Å². The number of carbonyl (C=O) groups is 1. The van der Waals surface area contributed by atoms with Crippen LogP contribution in [0.3, 0.4) is 0 Å². The van der Waals surface area contributed by atoms with Gasteiger partial charge in [0.25, 0.3) is 0 Å². The van der Waals surface area contributed by atoms with Crippen LogP contribution in [0.2, 0.25) is 0 Å². The molecule has 0 aliphatic carbocycles. The molecule has 1 aromatic heterocycles. The SMILES string of the molecule is CC[C@@H]1C[C@@H](n2nc(CC(=O)OC(C)C)c3ccc(F)cc32)CN1S(=O)(=O)c1ccc(OC(C)C)cc1. The minimum absolute atomic E-state index is 0.0166. The van der Waals surface area contributed by atoms with Gasteiger partial charge in [0, 0.05) is 18.0 Å². The minimum atomic E-state index is -3.78. The topological polar surface area (TPSA) is 90.7 Å². The van der Waals surface area contributed by atoms with Gasteiger partial charge in [-0.25, -0.2) is 12.8 Å². The summed E-state index contributed by atoms with van der Waals surface area (Å²) < 4.78 is 55.6. The molecule has 1 fully saturated rings. The molecule has 1 saturated heterocycles. The Morgan fingerprint density at radius 2 is 1.81 bits per heavy atom. The highest BCUT2D eigenvalue weighted by Gasteiger charge is 2.41. The first-order valence-electron chi connectivity index (χ1n) is 12.6. The molecular weight excluding hydrogens is 497 g/mol. The van der Waals surface area contributed by atoms with Gasteiger partial charge in [0.1, 0.15) is 11.6 Å². The molecule has 2 aromatic carbocycles. The van der Waals surface area contributed by atoms with Crippen LogP contribution >= 0.6 is 0 Å². The maximum atomic E-state index is 14.2. The van der Waals surface area contributed by atoms with Crippen molar-refractivity contribution in [2.75, 3.05) is 6.54 Å². The number of hydrogen-bond donors (Lipinski definition) is 0. The van der Waals surface area contributed by atoms with E-state index >= 15 is 0 Å². The largest absolute Gasteiger partial charge is 0.491 e. The molecule has 1 aliphatic rings. The Balaban J connectivity index is 1.65. The van der Waals surface area contributed by atoms with Gasteiger partial charge in [-0.15, -0.1) is 0 Å². The van der Waals surface area contributed by atoms with Gasteiger partial charge in [-0.05, 0) is 83.0 Å². The van der Waals surface area contributed by atoms with Gasteiger partial charge in [0.05, 0.1) is 40.8 Å². The van der Waals surface area contributed by atoms with E-state index in [0.717, 1.165) is 0 Å². The van der Waals surface area contributed by atoms with E-state index in [1.165, 1.54) is 16.4 Å². The number of hydrogen-bond acceptors (Lipinski definition) is 6. The third kappa shape index (κ3) is 5.80. The number of ether oxygens (including phenoxy) is 2. The average molecular weight is 532 g/mol. The first-order chi connectivity index (χ1) is 17.5. The van der Waals surface area contributed by atoms with Crippen LogP contribution in [-0.2, 0) is 26.0 Å². The van der Waals surface area contributed by atoms with Crippen LogP contribution in [0, 0.1) is 5.82 Å². The maximum absolute atomic E-state index is 14.2. The fraction of sp³-hybridized carbons (Fsp3) is 0.481. The summed E-state index contributed by atoms with van der Waals surface area (Å²) in [5.74, 6) is -0.241. The Bertz CT molecular complexity index is 1370. The van der Waals surface area contributed by atoms with Crippen LogP contribution in [0.4, 0.5) is 4.39 Å². The summed E-state index contributed by atoms with van der Waals surface area (Å²) in [4.78, 5) is 12.5. The molecule has 0 amide bonds. The van der Waals surface area contributed by atoms with Crippen molar-refractivity contribution in [3.05, 3.63) is 54.0 Å². The number of aromatic nitrogens is 2. The summed E-state index contributed by atoms with van der Waals surface area (Å²) in [6, 6.07) is 10.2. The van der Waals surface area contributed by atoms with Crippen LogP contribution in [0.5, 0.6) is 5.75 Å². The van der Waals surface area contributed by atoms with Gasteiger partial charge in [0.15, 0.2) is 0 Å². The molecule has 0 bridgehead atoms. The van der Waals surface area contributed by atoms with E-state index in [0.29, 0.717) is 35.2 Å². The molecule has 2 atom stereocenters. The van der Waals surface area contributed by atoms with Crippen molar-refractivity contribution in [1.82, 2.24) is 14.1 Å². The minimum Gasteiger partial charge on any atom is -0.491 e. The molecular formula is C27H34FN3O5S. The van der Waals surface area contributed by atoms with Crippen molar-refractivity contribution >= 4 is 26.9 Å². The summed E-state index contributed by atoms with van der Waals surface area (Å²) in [5.41, 5.74) is 1.01. The fourth-order valence-electron chi connectivity index (χ4n) is 4.83. The van der Waals surface area contributed by atoms with Gasteiger partial charge in [-0.3, -0.25) is 9.48 Å². The number of fused-ring (bicyclic) bond motifs is 1. The van der Waals surface area contributed by atoms with Crippen LogP contribution < -0.4 is 4.74 Å². The Morgan fingerprint density at radius 1 is 1.11 bits per heavy atom. The molecule has 0 radical (unpaired) electrons. The summed E-state index contributed by atoms with van der Waals surface area (Å²) in [5, 5.41) is 5.32. The van der Waals surface area contributed by atoms with Crippen LogP contribution in [0.15, 0.2) is 47.4 Å². The lowest BCUT2D eigenvalue weighted by Crippen LogP contribution is -2.35. The van der Waals surface area contributed by atoms with Crippen molar-refractivity contribution in [3.8, 4) is 5.75 Å². The van der Waals surface area contributed by atoms with E-state index in [1.54, 1.807) is 48.9 Å². The third-order valence-electron chi connectivity index (χ3n) is 6.39. The molecule has 8 nitrogen and oxygen atoms in total. The number of esters is 1. The van der Waals surface area contributed by atoms with Gasteiger partial charge in [-0.2, -0.15) is 9.40 Å². The second-order valence-corrected chi connectivity index (χ2v) is 11.8. The van der Waals surface area contributed by atoms with E-state index in [2.05, 4.69) is 5.10 Å². The van der Waals surface area contributed by atoms with Gasteiger partial charge in [-0.1, -0.05) is 6.92 Å². The van der Waals surface area contributed by atoms with Crippen LogP contribution in [0.25, 0.3) is 10.9 Å². The molecule has 10 heteroatoms. The number of rotatable bonds is 9. The molecule has 2 heterocycles. The smallest absolute Gasteiger partial charge is 0.312 e. The Hall–Kier alpha value is -2.98. The second kappa shape index (κ2) is 10.8. The van der Waals surface area contributed by atoms with Crippen molar-refractivity contribution in [3.63, 3.8) is 0 Å². The van der Waals surface area contributed by atoms with E-state index in [4.69, 9.17) is 9.47 Å². The molecule has 200 valence electrons. The number of benzene rings is 2. The first-order valence-corrected chi connectivity index (χ1v) is 14.1. The predicted molar refractivity (Wildman–Crippen MR) is 138 cm³/mol. The lowest BCUT2D eigenvalue weighted by Gasteiger charge is -2.23. The second-order valence-electron chi connectivity index (χ2n) is 9.93. The highest BCUT2D eigenvalue weighted by Crippen LogP contribution is 2.36. The zero-order valence-corrected chi connectivity index (χ0v) is 22.7. The van der Waals surface area contributed by atoms with Crippen molar-refractivity contribution < 1.29 is 27.1 Å². The summed E-state index contributed by atoms with van der Waals surface area (Å²) >= 11 is 0. The van der Waals surface area contributed by atoms with E-state index in [-0.39, 0.29) is 42.2 Å². The van der Waals surface area contributed by atoms with E-state index in [1.807, 2.05) is 20.8 Å². The Labute approximate surface area is 217 Å². The number of sulfonamides is 1. The Kier molecular flexibility index (Phi) is 7.89. The van der Waals surface area contributed by atoms with E-state index in [9.17, 15) is 17.6 Å². The zero-order valence-electron chi connectivity index (χ0n) is 21.8. The van der Waals surface area contributed by atoms with Crippen LogP contribution in [0.1, 0.15) is 59.2 Å². The summed E-state index contributed by atoms with van der Waals surface area (Å²) in [7, 11) is -3.78. The Morgan fingerprint density at radius 3 is 2.43 bits per heavy atom. The number of halogens is 1. The monoisotopic (exact) mass is 531 g/mol. The van der Waals surface area contributed by atoms with E-state index < -0.39 is 21.8 Å². The molecule has 3 aromatic rings. The fourth-order valence-corrected chi connectivity index (χ4v) is 6.58. The lowest BCUT2D eigenvalue weighted by atomic mass is 10.1. The van der Waals surface area contributed by atoms with Crippen molar-refractivity contribution in [1.29, 1.82) is 0 Å². The zero-order chi connectivity index (χ0) is 26.9. The average Bonchev–Trinajstić information content (AvgIpc) is 3.40. The van der Waals surface area contributed by atoms with Crippen molar-refractivity contribution in [2.24, 2.45) is 0 Å². The molecule has 0 N–H and O–H groups in total. The summed E-state index contributed by atoms with van der Waals surface area (Å²) in [6.07, 6.45) is 0.809. The number of carbonyl (C=O) groups excluding carboxylic acids is 1. The van der Waals surface area contributed by atoms with Gasteiger partial charge in [0.2, 0.25) is 10.0 Å². The summed E-state index contributed by atoms with van der Waals surface area (Å²) in [6.45, 7) is 9.49. The normalized spacial score (nSPS) is 18.7. The molecule has 4 rings (SSSR count). The first kappa shape index (κ1) is 27.1. The highest BCUT2D eigenvalue weighted by molar-refractivity contribution is 7.89. The molecule has 1 aliphatic heterocycles.